The summed E-state index contributed by atoms with van der Waals surface area (Å²) in [6.45, 7) is 3.82. The van der Waals surface area contributed by atoms with Crippen molar-refractivity contribution in [1.29, 1.82) is 0 Å². The molecular formula is C26H29FN4OS. The Morgan fingerprint density at radius 2 is 1.94 bits per heavy atom. The minimum atomic E-state index is -0.318. The predicted molar refractivity (Wildman–Crippen MR) is 132 cm³/mol. The van der Waals surface area contributed by atoms with E-state index in [-0.39, 0.29) is 11.6 Å². The van der Waals surface area contributed by atoms with Crippen LogP contribution in [0.3, 0.4) is 0 Å². The van der Waals surface area contributed by atoms with Crippen molar-refractivity contribution in [2.24, 2.45) is 5.73 Å². The lowest BCUT2D eigenvalue weighted by Gasteiger charge is -2.26. The molecule has 3 heterocycles. The fourth-order valence-electron chi connectivity index (χ4n) is 4.65. The van der Waals surface area contributed by atoms with Crippen molar-refractivity contribution < 1.29 is 9.18 Å². The third kappa shape index (κ3) is 4.71. The van der Waals surface area contributed by atoms with Crippen LogP contribution < -0.4 is 5.73 Å². The van der Waals surface area contributed by atoms with Crippen molar-refractivity contribution in [2.75, 3.05) is 19.6 Å². The number of hydrogen-bond donors (Lipinski definition) is 1. The average Bonchev–Trinajstić information content (AvgIpc) is 3.39. The quantitative estimate of drug-likeness (QED) is 0.270. The van der Waals surface area contributed by atoms with Gasteiger partial charge >= 0.3 is 0 Å². The number of piperidine rings is 1. The van der Waals surface area contributed by atoms with Crippen molar-refractivity contribution in [3.8, 4) is 11.3 Å². The summed E-state index contributed by atoms with van der Waals surface area (Å²) in [5.41, 5.74) is 9.16. The summed E-state index contributed by atoms with van der Waals surface area (Å²) in [4.78, 5) is 20.7. The molecule has 2 aromatic carbocycles. The molecule has 0 amide bonds. The molecule has 0 bridgehead atoms. The van der Waals surface area contributed by atoms with E-state index >= 15 is 0 Å². The minimum absolute atomic E-state index is 0.198. The predicted octanol–water partition coefficient (Wildman–Crippen LogP) is 5.65. The number of carbonyl (C=O) groups excluding carboxylic acids is 1. The van der Waals surface area contributed by atoms with Crippen LogP contribution in [0.5, 0.6) is 0 Å². The number of carbonyl (C=O) groups is 1. The molecule has 0 aliphatic carbocycles. The molecule has 0 saturated carbocycles. The Balaban J connectivity index is 1.28. The normalized spacial score (nSPS) is 15.0. The average molecular weight is 465 g/mol. The molecular weight excluding hydrogens is 435 g/mol. The van der Waals surface area contributed by atoms with Gasteiger partial charge in [-0.3, -0.25) is 9.20 Å². The van der Waals surface area contributed by atoms with Crippen molar-refractivity contribution >= 4 is 32.3 Å². The number of aromatic nitrogens is 2. The fraction of sp³-hybridized carbons (Fsp3) is 0.385. The molecule has 172 valence electrons. The molecule has 33 heavy (non-hydrogen) atoms. The van der Waals surface area contributed by atoms with E-state index < -0.39 is 0 Å². The number of ketones is 1. The van der Waals surface area contributed by atoms with Crippen LogP contribution in [0.25, 0.3) is 26.4 Å². The Hall–Kier alpha value is -2.61. The van der Waals surface area contributed by atoms with E-state index in [1.54, 1.807) is 6.07 Å². The van der Waals surface area contributed by atoms with Crippen LogP contribution in [0.2, 0.25) is 0 Å². The molecule has 7 heteroatoms. The molecule has 0 atom stereocenters. The first kappa shape index (κ1) is 22.2. The Kier molecular flexibility index (Phi) is 6.53. The maximum atomic E-state index is 14.5. The van der Waals surface area contributed by atoms with Crippen LogP contribution in [-0.2, 0) is 6.54 Å². The van der Waals surface area contributed by atoms with Gasteiger partial charge < -0.3 is 10.6 Å². The van der Waals surface area contributed by atoms with Crippen LogP contribution in [0.4, 0.5) is 4.39 Å². The van der Waals surface area contributed by atoms with Gasteiger partial charge in [-0.15, -0.1) is 0 Å². The van der Waals surface area contributed by atoms with E-state index in [1.807, 2.05) is 34.9 Å². The summed E-state index contributed by atoms with van der Waals surface area (Å²) < 4.78 is 17.5. The number of fused-ring (bicyclic) bond motifs is 3. The molecule has 2 aromatic heterocycles. The summed E-state index contributed by atoms with van der Waals surface area (Å²) in [5.74, 6) is -0.120. The van der Waals surface area contributed by atoms with Gasteiger partial charge in [0.25, 0.3) is 0 Å². The van der Waals surface area contributed by atoms with E-state index in [2.05, 4.69) is 9.88 Å². The van der Waals surface area contributed by atoms with Gasteiger partial charge in [0.1, 0.15) is 5.82 Å². The number of rotatable bonds is 8. The molecule has 4 aromatic rings. The maximum Gasteiger partial charge on any atom is 0.195 e. The molecule has 1 aliphatic rings. The largest absolute Gasteiger partial charge is 0.326 e. The van der Waals surface area contributed by atoms with Gasteiger partial charge in [-0.25, -0.2) is 9.37 Å². The smallest absolute Gasteiger partial charge is 0.195 e. The molecule has 0 radical (unpaired) electrons. The van der Waals surface area contributed by atoms with Crippen LogP contribution in [0.1, 0.15) is 54.4 Å². The lowest BCUT2D eigenvalue weighted by Crippen LogP contribution is -2.30. The number of thiazole rings is 1. The Morgan fingerprint density at radius 3 is 2.73 bits per heavy atom. The highest BCUT2D eigenvalue weighted by atomic mass is 32.1. The second kappa shape index (κ2) is 9.71. The van der Waals surface area contributed by atoms with Gasteiger partial charge in [-0.2, -0.15) is 0 Å². The molecule has 1 fully saturated rings. The fourth-order valence-corrected chi connectivity index (χ4v) is 5.69. The SMILES string of the molecule is NCc1ccc(-c2cn3c(n2)sc2cc(C(=O)CCCCN4CCCCC4)ccc23)c(F)c1. The van der Waals surface area contributed by atoms with Crippen molar-refractivity contribution in [2.45, 2.75) is 45.1 Å². The topological polar surface area (TPSA) is 63.6 Å². The number of Topliss-reactive ketones (excluding diaryl/α,β-unsaturated/α-hetero) is 1. The van der Waals surface area contributed by atoms with E-state index in [9.17, 15) is 9.18 Å². The molecule has 0 unspecified atom stereocenters. The van der Waals surface area contributed by atoms with Crippen LogP contribution in [0, 0.1) is 5.82 Å². The third-order valence-electron chi connectivity index (χ3n) is 6.54. The monoisotopic (exact) mass is 464 g/mol. The Labute approximate surface area is 197 Å². The van der Waals surface area contributed by atoms with Gasteiger partial charge in [0.15, 0.2) is 10.7 Å². The van der Waals surface area contributed by atoms with E-state index in [0.29, 0.717) is 24.2 Å². The first-order valence-electron chi connectivity index (χ1n) is 11.8. The van der Waals surface area contributed by atoms with Crippen LogP contribution >= 0.6 is 11.3 Å². The Bertz CT molecular complexity index is 1290. The van der Waals surface area contributed by atoms with E-state index in [1.165, 1.54) is 49.8 Å². The summed E-state index contributed by atoms with van der Waals surface area (Å²) in [6.07, 6.45) is 8.41. The number of benzene rings is 2. The summed E-state index contributed by atoms with van der Waals surface area (Å²) in [5, 5.41) is 0. The molecule has 5 nitrogen and oxygen atoms in total. The number of nitrogens with zero attached hydrogens (tertiary/aromatic N) is 3. The minimum Gasteiger partial charge on any atom is -0.326 e. The highest BCUT2D eigenvalue weighted by Crippen LogP contribution is 2.31. The van der Waals surface area contributed by atoms with Gasteiger partial charge in [0, 0.05) is 30.3 Å². The summed E-state index contributed by atoms with van der Waals surface area (Å²) in [7, 11) is 0. The Morgan fingerprint density at radius 1 is 1.09 bits per heavy atom. The lowest BCUT2D eigenvalue weighted by molar-refractivity contribution is 0.0977. The highest BCUT2D eigenvalue weighted by Gasteiger charge is 2.15. The van der Waals surface area contributed by atoms with Gasteiger partial charge in [-0.1, -0.05) is 23.8 Å². The molecule has 1 aliphatic heterocycles. The number of imidazole rings is 1. The maximum absolute atomic E-state index is 14.5. The number of hydrogen-bond acceptors (Lipinski definition) is 5. The molecule has 1 saturated heterocycles. The van der Waals surface area contributed by atoms with Crippen LogP contribution in [0.15, 0.2) is 42.6 Å². The van der Waals surface area contributed by atoms with Crippen molar-refractivity contribution in [3.05, 3.63) is 59.5 Å². The molecule has 0 spiro atoms. The zero-order valence-corrected chi connectivity index (χ0v) is 19.5. The molecule has 2 N–H and O–H groups in total. The van der Waals surface area contributed by atoms with Crippen molar-refractivity contribution in [1.82, 2.24) is 14.3 Å². The standard InChI is InChI=1S/C26H29FN4OS/c27-21-14-18(16-28)7-9-20(21)22-17-31-23-10-8-19(15-25(23)33-26(31)29-22)24(32)6-2-5-13-30-11-3-1-4-12-30/h7-10,14-15,17H,1-6,11-13,16,28H2. The van der Waals surface area contributed by atoms with Gasteiger partial charge in [0.05, 0.1) is 15.9 Å². The van der Waals surface area contributed by atoms with Gasteiger partial charge in [0.2, 0.25) is 0 Å². The second-order valence-corrected chi connectivity index (χ2v) is 9.87. The first-order chi connectivity index (χ1) is 16.1. The third-order valence-corrected chi connectivity index (χ3v) is 7.56. The highest BCUT2D eigenvalue weighted by molar-refractivity contribution is 7.23. The second-order valence-electron chi connectivity index (χ2n) is 8.86. The van der Waals surface area contributed by atoms with Crippen LogP contribution in [-0.4, -0.2) is 39.7 Å². The zero-order chi connectivity index (χ0) is 22.8. The van der Waals surface area contributed by atoms with Crippen molar-refractivity contribution in [3.63, 3.8) is 0 Å². The first-order valence-corrected chi connectivity index (χ1v) is 12.6. The molecule has 5 rings (SSSR count). The number of unbranched alkanes of at least 4 members (excludes halogenated alkanes) is 1. The number of likely N-dealkylation sites (tertiary alicyclic amines) is 1. The zero-order valence-electron chi connectivity index (χ0n) is 18.7. The van der Waals surface area contributed by atoms with E-state index in [4.69, 9.17) is 5.73 Å². The lowest BCUT2D eigenvalue weighted by atomic mass is 10.0. The van der Waals surface area contributed by atoms with Gasteiger partial charge in [-0.05, 0) is 81.2 Å². The summed E-state index contributed by atoms with van der Waals surface area (Å²) >= 11 is 1.52. The summed E-state index contributed by atoms with van der Waals surface area (Å²) in [6, 6.07) is 10.9. The number of nitrogens with two attached hydrogens (primary N) is 1. The van der Waals surface area contributed by atoms with E-state index in [0.717, 1.165) is 45.7 Å². The number of halogens is 1.